The van der Waals surface area contributed by atoms with E-state index in [4.69, 9.17) is 4.74 Å². The van der Waals surface area contributed by atoms with Gasteiger partial charge in [0.25, 0.3) is 0 Å². The lowest BCUT2D eigenvalue weighted by atomic mass is 9.98. The minimum Gasteiger partial charge on any atom is -0.496 e. The van der Waals surface area contributed by atoms with Gasteiger partial charge in [0.15, 0.2) is 0 Å². The number of hydrogen-bond donors (Lipinski definition) is 1. The molecule has 0 aliphatic rings. The van der Waals surface area contributed by atoms with Crippen LogP contribution in [0.1, 0.15) is 36.2 Å². The van der Waals surface area contributed by atoms with Gasteiger partial charge in [0.05, 0.1) is 12.8 Å². The van der Waals surface area contributed by atoms with E-state index >= 15 is 0 Å². The number of hydrogen-bond acceptors (Lipinski definition) is 3. The average Bonchev–Trinajstić information content (AvgIpc) is 2.82. The summed E-state index contributed by atoms with van der Waals surface area (Å²) in [5.41, 5.74) is 3.56. The minimum atomic E-state index is 0.259. The number of nitrogens with one attached hydrogen (secondary N) is 1. The molecule has 1 atom stereocenters. The van der Waals surface area contributed by atoms with Crippen LogP contribution in [0.5, 0.6) is 5.75 Å². The number of benzene rings is 1. The number of aryl methyl sites for hydroxylation is 2. The van der Waals surface area contributed by atoms with Crippen LogP contribution in [0.15, 0.2) is 30.5 Å². The zero-order valence-electron chi connectivity index (χ0n) is 13.4. The van der Waals surface area contributed by atoms with Gasteiger partial charge in [-0.3, -0.25) is 4.68 Å². The number of para-hydroxylation sites is 1. The van der Waals surface area contributed by atoms with E-state index in [1.54, 1.807) is 7.11 Å². The highest BCUT2D eigenvalue weighted by Crippen LogP contribution is 2.26. The summed E-state index contributed by atoms with van der Waals surface area (Å²) in [7, 11) is 3.69. The number of aromatic nitrogens is 2. The summed E-state index contributed by atoms with van der Waals surface area (Å²) in [6, 6.07) is 8.47. The molecule has 0 aliphatic heterocycles. The zero-order chi connectivity index (χ0) is 15.2. The second-order valence-electron chi connectivity index (χ2n) is 5.37. The first kappa shape index (κ1) is 15.6. The highest BCUT2D eigenvalue weighted by Gasteiger charge is 2.18. The van der Waals surface area contributed by atoms with Gasteiger partial charge in [0, 0.05) is 24.8 Å². The zero-order valence-corrected chi connectivity index (χ0v) is 13.4. The molecule has 2 rings (SSSR count). The van der Waals surface area contributed by atoms with Crippen molar-refractivity contribution in [2.75, 3.05) is 13.7 Å². The molecule has 21 heavy (non-hydrogen) atoms. The highest BCUT2D eigenvalue weighted by atomic mass is 16.5. The van der Waals surface area contributed by atoms with E-state index in [0.717, 1.165) is 30.8 Å². The Labute approximate surface area is 127 Å². The summed E-state index contributed by atoms with van der Waals surface area (Å²) in [5.74, 6) is 0.947. The molecule has 1 aromatic carbocycles. The molecule has 0 amide bonds. The lowest BCUT2D eigenvalue weighted by molar-refractivity contribution is 0.405. The fraction of sp³-hybridized carbons (Fsp3) is 0.471. The summed E-state index contributed by atoms with van der Waals surface area (Å²) in [6.45, 7) is 5.25. The Hall–Kier alpha value is -1.81. The minimum absolute atomic E-state index is 0.259. The molecule has 1 unspecified atom stereocenters. The van der Waals surface area contributed by atoms with Crippen LogP contribution in [0, 0.1) is 6.92 Å². The van der Waals surface area contributed by atoms with Crippen molar-refractivity contribution in [3.05, 3.63) is 47.3 Å². The third-order valence-corrected chi connectivity index (χ3v) is 3.68. The first-order valence-electron chi connectivity index (χ1n) is 7.51. The molecule has 0 saturated carbocycles. The molecule has 1 aromatic heterocycles. The molecule has 1 N–H and O–H groups in total. The molecule has 1 heterocycles. The summed E-state index contributed by atoms with van der Waals surface area (Å²) >= 11 is 0. The van der Waals surface area contributed by atoms with Crippen molar-refractivity contribution in [1.82, 2.24) is 15.1 Å². The standard InChI is InChI=1S/C17H25N3O/c1-5-10-18-16(15-12-20(3)19-13(15)2)11-14-8-6-7-9-17(14)21-4/h6-9,12,16,18H,5,10-11H2,1-4H3. The van der Waals surface area contributed by atoms with E-state index in [0.29, 0.717) is 0 Å². The van der Waals surface area contributed by atoms with Gasteiger partial charge in [-0.2, -0.15) is 5.10 Å². The van der Waals surface area contributed by atoms with Crippen LogP contribution in [-0.4, -0.2) is 23.4 Å². The Morgan fingerprint density at radius 3 is 2.71 bits per heavy atom. The molecule has 114 valence electrons. The van der Waals surface area contributed by atoms with Crippen LogP contribution in [0.2, 0.25) is 0 Å². The second-order valence-corrected chi connectivity index (χ2v) is 5.37. The Morgan fingerprint density at radius 2 is 2.10 bits per heavy atom. The molecule has 4 nitrogen and oxygen atoms in total. The number of nitrogens with zero attached hydrogens (tertiary/aromatic N) is 2. The molecule has 4 heteroatoms. The largest absolute Gasteiger partial charge is 0.496 e. The second kappa shape index (κ2) is 7.27. The molecular formula is C17H25N3O. The quantitative estimate of drug-likeness (QED) is 0.851. The van der Waals surface area contributed by atoms with Gasteiger partial charge in [0.1, 0.15) is 5.75 Å². The van der Waals surface area contributed by atoms with Crippen molar-refractivity contribution >= 4 is 0 Å². The number of methoxy groups -OCH3 is 1. The van der Waals surface area contributed by atoms with Gasteiger partial charge in [-0.1, -0.05) is 25.1 Å². The maximum absolute atomic E-state index is 5.47. The predicted octanol–water partition coefficient (Wildman–Crippen LogP) is 3.02. The molecule has 0 aliphatic carbocycles. The average molecular weight is 287 g/mol. The summed E-state index contributed by atoms with van der Waals surface area (Å²) in [5, 5.41) is 8.10. The number of rotatable bonds is 7. The van der Waals surface area contributed by atoms with Crippen LogP contribution < -0.4 is 10.1 Å². The highest BCUT2D eigenvalue weighted by molar-refractivity contribution is 5.35. The van der Waals surface area contributed by atoms with E-state index in [-0.39, 0.29) is 6.04 Å². The number of ether oxygens (including phenoxy) is 1. The molecule has 0 fully saturated rings. The lowest BCUT2D eigenvalue weighted by Crippen LogP contribution is -2.24. The van der Waals surface area contributed by atoms with Gasteiger partial charge >= 0.3 is 0 Å². The van der Waals surface area contributed by atoms with Crippen molar-refractivity contribution in [3.63, 3.8) is 0 Å². The Morgan fingerprint density at radius 1 is 1.33 bits per heavy atom. The topological polar surface area (TPSA) is 39.1 Å². The van der Waals surface area contributed by atoms with Crippen molar-refractivity contribution in [1.29, 1.82) is 0 Å². The predicted molar refractivity (Wildman–Crippen MR) is 85.7 cm³/mol. The van der Waals surface area contributed by atoms with E-state index in [9.17, 15) is 0 Å². The Bertz CT molecular complexity index is 577. The first-order valence-corrected chi connectivity index (χ1v) is 7.51. The van der Waals surface area contributed by atoms with Crippen LogP contribution in [-0.2, 0) is 13.5 Å². The molecule has 2 aromatic rings. The van der Waals surface area contributed by atoms with E-state index < -0.39 is 0 Å². The van der Waals surface area contributed by atoms with Gasteiger partial charge in [-0.05, 0) is 37.9 Å². The Balaban J connectivity index is 2.26. The van der Waals surface area contributed by atoms with Gasteiger partial charge < -0.3 is 10.1 Å². The van der Waals surface area contributed by atoms with Crippen molar-refractivity contribution in [2.24, 2.45) is 7.05 Å². The third-order valence-electron chi connectivity index (χ3n) is 3.68. The molecule has 0 radical (unpaired) electrons. The molecular weight excluding hydrogens is 262 g/mol. The fourth-order valence-corrected chi connectivity index (χ4v) is 2.66. The third kappa shape index (κ3) is 3.85. The summed E-state index contributed by atoms with van der Waals surface area (Å²) < 4.78 is 7.36. The van der Waals surface area contributed by atoms with Gasteiger partial charge in [-0.25, -0.2) is 0 Å². The summed E-state index contributed by atoms with van der Waals surface area (Å²) in [6.07, 6.45) is 4.12. The smallest absolute Gasteiger partial charge is 0.122 e. The summed E-state index contributed by atoms with van der Waals surface area (Å²) in [4.78, 5) is 0. The van der Waals surface area contributed by atoms with Gasteiger partial charge in [-0.15, -0.1) is 0 Å². The maximum Gasteiger partial charge on any atom is 0.122 e. The van der Waals surface area contributed by atoms with Crippen molar-refractivity contribution < 1.29 is 4.74 Å². The monoisotopic (exact) mass is 287 g/mol. The molecule has 0 spiro atoms. The lowest BCUT2D eigenvalue weighted by Gasteiger charge is -2.19. The van der Waals surface area contributed by atoms with E-state index in [2.05, 4.69) is 42.6 Å². The van der Waals surface area contributed by atoms with Crippen molar-refractivity contribution in [2.45, 2.75) is 32.7 Å². The van der Waals surface area contributed by atoms with Crippen LogP contribution in [0.3, 0.4) is 0 Å². The van der Waals surface area contributed by atoms with E-state index in [1.165, 1.54) is 11.1 Å². The van der Waals surface area contributed by atoms with Gasteiger partial charge in [0.2, 0.25) is 0 Å². The molecule has 0 bridgehead atoms. The normalized spacial score (nSPS) is 12.4. The van der Waals surface area contributed by atoms with Crippen molar-refractivity contribution in [3.8, 4) is 5.75 Å². The fourth-order valence-electron chi connectivity index (χ4n) is 2.66. The first-order chi connectivity index (χ1) is 10.2. The molecule has 0 saturated heterocycles. The SMILES string of the molecule is CCCNC(Cc1ccccc1OC)c1cn(C)nc1C. The van der Waals surface area contributed by atoms with Crippen LogP contribution in [0.25, 0.3) is 0 Å². The Kier molecular flexibility index (Phi) is 5.39. The maximum atomic E-state index is 5.47. The van der Waals surface area contributed by atoms with Crippen LogP contribution in [0.4, 0.5) is 0 Å². The van der Waals surface area contributed by atoms with E-state index in [1.807, 2.05) is 23.9 Å². The van der Waals surface area contributed by atoms with Crippen LogP contribution >= 0.6 is 0 Å².